The van der Waals surface area contributed by atoms with Crippen LogP contribution in [0.2, 0.25) is 10.3 Å². The molecule has 1 aliphatic rings. The van der Waals surface area contributed by atoms with Gasteiger partial charge in [0, 0.05) is 26.3 Å². The minimum Gasteiger partial charge on any atom is -0.353 e. The van der Waals surface area contributed by atoms with E-state index in [1.54, 1.807) is 11.1 Å². The van der Waals surface area contributed by atoms with E-state index in [-0.39, 0.29) is 17.1 Å². The highest BCUT2D eigenvalue weighted by molar-refractivity contribution is 6.33. The number of pyridine rings is 1. The van der Waals surface area contributed by atoms with Crippen LogP contribution in [0, 0.1) is 5.92 Å². The number of amides is 1. The predicted octanol–water partition coefficient (Wildman–Crippen LogP) is 2.53. The second-order valence-electron chi connectivity index (χ2n) is 6.29. The minimum absolute atomic E-state index is 0.0865. The third kappa shape index (κ3) is 3.08. The Labute approximate surface area is 160 Å². The number of carbonyl (C=O) groups is 1. The Kier molecular flexibility index (Phi) is 4.42. The highest BCUT2D eigenvalue weighted by atomic mass is 35.5. The van der Waals surface area contributed by atoms with Gasteiger partial charge < -0.3 is 14.2 Å². The van der Waals surface area contributed by atoms with Gasteiger partial charge in [-0.25, -0.2) is 9.97 Å². The quantitative estimate of drug-likeness (QED) is 0.640. The Bertz CT molecular complexity index is 969. The van der Waals surface area contributed by atoms with Gasteiger partial charge in [-0.3, -0.25) is 4.79 Å². The smallest absolute Gasteiger partial charge is 0.229 e. The van der Waals surface area contributed by atoms with Crippen LogP contribution in [-0.4, -0.2) is 50.3 Å². The maximum Gasteiger partial charge on any atom is 0.229 e. The SMILES string of the molecule is CN(Cc1cnc2ccccn12)C(=O)C1CN(c2nc(Cl)ncc2Cl)C1. The number of nitrogens with zero attached hydrogens (tertiary/aromatic N) is 6. The fourth-order valence-electron chi connectivity index (χ4n) is 3.10. The number of carbonyl (C=O) groups excluding carboxylic acids is 1. The first kappa shape index (κ1) is 17.1. The van der Waals surface area contributed by atoms with Crippen molar-refractivity contribution in [1.29, 1.82) is 0 Å². The standard InChI is InChI=1S/C17H16Cl2N6O/c1-23(10-12-6-20-14-4-2-3-5-25(12)14)16(26)11-8-24(9-11)15-13(18)7-21-17(19)22-15/h2-7,11H,8-10H2,1H3. The number of imidazole rings is 1. The minimum atomic E-state index is -0.0935. The van der Waals surface area contributed by atoms with Crippen molar-refractivity contribution in [1.82, 2.24) is 24.3 Å². The van der Waals surface area contributed by atoms with Crippen molar-refractivity contribution >= 4 is 40.6 Å². The van der Waals surface area contributed by atoms with E-state index in [9.17, 15) is 4.79 Å². The molecule has 1 fully saturated rings. The summed E-state index contributed by atoms with van der Waals surface area (Å²) < 4.78 is 1.99. The molecule has 26 heavy (non-hydrogen) atoms. The van der Waals surface area contributed by atoms with Crippen LogP contribution in [0.5, 0.6) is 0 Å². The van der Waals surface area contributed by atoms with Crippen LogP contribution in [0.25, 0.3) is 5.65 Å². The Morgan fingerprint density at radius 3 is 2.88 bits per heavy atom. The number of hydrogen-bond acceptors (Lipinski definition) is 5. The molecule has 0 aromatic carbocycles. The molecule has 3 aromatic heterocycles. The molecule has 1 saturated heterocycles. The number of aromatic nitrogens is 4. The van der Waals surface area contributed by atoms with Crippen molar-refractivity contribution in [3.63, 3.8) is 0 Å². The van der Waals surface area contributed by atoms with E-state index < -0.39 is 0 Å². The van der Waals surface area contributed by atoms with E-state index in [1.165, 1.54) is 6.20 Å². The van der Waals surface area contributed by atoms with E-state index in [1.807, 2.05) is 40.7 Å². The summed E-state index contributed by atoms with van der Waals surface area (Å²) in [4.78, 5) is 28.7. The second kappa shape index (κ2) is 6.74. The number of rotatable bonds is 4. The molecule has 0 spiro atoms. The lowest BCUT2D eigenvalue weighted by molar-refractivity contribution is -0.135. The molecular formula is C17H16Cl2N6O. The van der Waals surface area contributed by atoms with Gasteiger partial charge in [-0.2, -0.15) is 4.98 Å². The molecule has 0 radical (unpaired) electrons. The lowest BCUT2D eigenvalue weighted by Gasteiger charge is -2.40. The fourth-order valence-corrected chi connectivity index (χ4v) is 3.44. The molecule has 0 N–H and O–H groups in total. The molecule has 0 bridgehead atoms. The van der Waals surface area contributed by atoms with E-state index >= 15 is 0 Å². The maximum atomic E-state index is 12.7. The third-order valence-corrected chi connectivity index (χ3v) is 4.94. The van der Waals surface area contributed by atoms with Crippen molar-refractivity contribution in [2.24, 2.45) is 5.92 Å². The lowest BCUT2D eigenvalue weighted by atomic mass is 9.98. The molecule has 0 saturated carbocycles. The summed E-state index contributed by atoms with van der Waals surface area (Å²) in [6, 6.07) is 5.82. The summed E-state index contributed by atoms with van der Waals surface area (Å²) in [6.45, 7) is 1.62. The predicted molar refractivity (Wildman–Crippen MR) is 99.4 cm³/mol. The number of anilines is 1. The van der Waals surface area contributed by atoms with Gasteiger partial charge in [-0.05, 0) is 23.7 Å². The molecule has 134 valence electrons. The molecule has 9 heteroatoms. The lowest BCUT2D eigenvalue weighted by Crippen LogP contribution is -2.54. The Balaban J connectivity index is 1.40. The summed E-state index contributed by atoms with van der Waals surface area (Å²) in [6.07, 6.45) is 5.22. The van der Waals surface area contributed by atoms with Gasteiger partial charge in [0.25, 0.3) is 0 Å². The van der Waals surface area contributed by atoms with Crippen molar-refractivity contribution < 1.29 is 4.79 Å². The maximum absolute atomic E-state index is 12.7. The number of hydrogen-bond donors (Lipinski definition) is 0. The van der Waals surface area contributed by atoms with Gasteiger partial charge in [0.05, 0.1) is 30.6 Å². The van der Waals surface area contributed by atoms with Gasteiger partial charge in [-0.1, -0.05) is 17.7 Å². The third-order valence-electron chi connectivity index (χ3n) is 4.50. The first-order valence-corrected chi connectivity index (χ1v) is 8.87. The van der Waals surface area contributed by atoms with Gasteiger partial charge in [0.15, 0.2) is 5.82 Å². The first-order chi connectivity index (χ1) is 12.5. The van der Waals surface area contributed by atoms with Crippen LogP contribution in [0.3, 0.4) is 0 Å². The highest BCUT2D eigenvalue weighted by Crippen LogP contribution is 2.30. The Morgan fingerprint density at radius 1 is 1.27 bits per heavy atom. The topological polar surface area (TPSA) is 66.6 Å². The van der Waals surface area contributed by atoms with Gasteiger partial charge >= 0.3 is 0 Å². The summed E-state index contributed by atoms with van der Waals surface area (Å²) in [5.74, 6) is 0.563. The molecular weight excluding hydrogens is 375 g/mol. The highest BCUT2D eigenvalue weighted by Gasteiger charge is 2.36. The van der Waals surface area contributed by atoms with Gasteiger partial charge in [-0.15, -0.1) is 0 Å². The van der Waals surface area contributed by atoms with Crippen molar-refractivity contribution in [2.75, 3.05) is 25.0 Å². The second-order valence-corrected chi connectivity index (χ2v) is 7.03. The summed E-state index contributed by atoms with van der Waals surface area (Å²) in [5.41, 5.74) is 1.84. The van der Waals surface area contributed by atoms with Crippen LogP contribution < -0.4 is 4.90 Å². The van der Waals surface area contributed by atoms with Crippen LogP contribution in [0.15, 0.2) is 36.8 Å². The first-order valence-electron chi connectivity index (χ1n) is 8.12. The molecule has 0 aliphatic carbocycles. The molecule has 0 unspecified atom stereocenters. The zero-order valence-corrected chi connectivity index (χ0v) is 15.5. The van der Waals surface area contributed by atoms with Crippen LogP contribution in [0.1, 0.15) is 5.69 Å². The van der Waals surface area contributed by atoms with Crippen molar-refractivity contribution in [3.8, 4) is 0 Å². The van der Waals surface area contributed by atoms with Gasteiger partial charge in [0.1, 0.15) is 10.7 Å². The fraction of sp³-hybridized carbons (Fsp3) is 0.294. The number of halogens is 2. The summed E-state index contributed by atoms with van der Waals surface area (Å²) in [7, 11) is 1.81. The van der Waals surface area contributed by atoms with Crippen LogP contribution in [-0.2, 0) is 11.3 Å². The molecule has 4 heterocycles. The van der Waals surface area contributed by atoms with Crippen molar-refractivity contribution in [3.05, 3.63) is 52.8 Å². The average molecular weight is 391 g/mol. The Morgan fingerprint density at radius 2 is 2.08 bits per heavy atom. The van der Waals surface area contributed by atoms with Crippen LogP contribution >= 0.6 is 23.2 Å². The Hall–Kier alpha value is -2.38. The average Bonchev–Trinajstić information content (AvgIpc) is 2.99. The zero-order chi connectivity index (χ0) is 18.3. The number of fused-ring (bicyclic) bond motifs is 1. The van der Waals surface area contributed by atoms with Gasteiger partial charge in [0.2, 0.25) is 11.2 Å². The largest absolute Gasteiger partial charge is 0.353 e. The monoisotopic (exact) mass is 390 g/mol. The van der Waals surface area contributed by atoms with E-state index in [2.05, 4.69) is 15.0 Å². The van der Waals surface area contributed by atoms with E-state index in [0.717, 1.165) is 11.3 Å². The summed E-state index contributed by atoms with van der Waals surface area (Å²) in [5, 5.41) is 0.572. The molecule has 1 aliphatic heterocycles. The summed E-state index contributed by atoms with van der Waals surface area (Å²) >= 11 is 11.9. The van der Waals surface area contributed by atoms with E-state index in [0.29, 0.717) is 30.5 Å². The zero-order valence-electron chi connectivity index (χ0n) is 14.0. The molecule has 7 nitrogen and oxygen atoms in total. The molecule has 1 amide bonds. The van der Waals surface area contributed by atoms with E-state index in [4.69, 9.17) is 23.2 Å². The molecule has 4 rings (SSSR count). The normalized spacial score (nSPS) is 14.5. The molecule has 0 atom stereocenters. The van der Waals surface area contributed by atoms with Crippen LogP contribution in [0.4, 0.5) is 5.82 Å². The molecule has 3 aromatic rings. The van der Waals surface area contributed by atoms with Crippen molar-refractivity contribution in [2.45, 2.75) is 6.54 Å².